The standard InChI is InChI=1S/C8H2I4O4.2K/c9-3-1(7(13)14)4(10)6(12)2(5(3)11)8(15)16;;/h(H,13,14)(H,15,16);;/q;2*+1/p-2. The molecule has 0 fully saturated rings. The van der Waals surface area contributed by atoms with Gasteiger partial charge in [-0.15, -0.1) is 0 Å². The summed E-state index contributed by atoms with van der Waals surface area (Å²) in [5, 5.41) is 21.9. The number of hydrogen-bond acceptors (Lipinski definition) is 4. The van der Waals surface area contributed by atoms with Crippen molar-refractivity contribution in [3.63, 3.8) is 0 Å². The van der Waals surface area contributed by atoms with E-state index in [0.29, 0.717) is 14.3 Å². The maximum absolute atomic E-state index is 10.9. The van der Waals surface area contributed by atoms with Gasteiger partial charge in [0.05, 0.1) is 11.9 Å². The van der Waals surface area contributed by atoms with Crippen molar-refractivity contribution in [2.24, 2.45) is 0 Å². The Morgan fingerprint density at radius 1 is 0.667 bits per heavy atom. The Bertz CT molecular complexity index is 432. The number of carbonyl (C=O) groups excluding carboxylic acids is 2. The van der Waals surface area contributed by atoms with Crippen LogP contribution in [-0.2, 0) is 0 Å². The second kappa shape index (κ2) is 11.0. The van der Waals surface area contributed by atoms with Gasteiger partial charge in [-0.25, -0.2) is 0 Å². The number of hydrogen-bond donors (Lipinski definition) is 0. The van der Waals surface area contributed by atoms with Crippen LogP contribution in [0.25, 0.3) is 0 Å². The molecule has 0 N–H and O–H groups in total. The Balaban J connectivity index is 0. The van der Waals surface area contributed by atoms with Gasteiger partial charge in [0.2, 0.25) is 0 Å². The molecule has 86 valence electrons. The van der Waals surface area contributed by atoms with Crippen LogP contribution in [-0.4, -0.2) is 11.9 Å². The van der Waals surface area contributed by atoms with Crippen LogP contribution in [0.4, 0.5) is 0 Å². The van der Waals surface area contributed by atoms with Gasteiger partial charge in [-0.05, 0) is 90.4 Å². The van der Waals surface area contributed by atoms with Crippen molar-refractivity contribution >= 4 is 102 Å². The fraction of sp³-hybridized carbons (Fsp3) is 0. The second-order valence-corrected chi connectivity index (χ2v) is 6.90. The van der Waals surface area contributed by atoms with Gasteiger partial charge < -0.3 is 19.8 Å². The molecule has 0 aliphatic rings. The first-order valence-electron chi connectivity index (χ1n) is 3.57. The van der Waals surface area contributed by atoms with E-state index in [1.54, 1.807) is 90.4 Å². The van der Waals surface area contributed by atoms with E-state index in [9.17, 15) is 19.8 Å². The van der Waals surface area contributed by atoms with Gasteiger partial charge in [0, 0.05) is 25.4 Å². The predicted octanol–water partition coefficient (Wildman–Crippen LogP) is -5.16. The minimum atomic E-state index is -1.31. The Hall–Kier alpha value is 4.35. The zero-order chi connectivity index (χ0) is 12.6. The number of halogens is 4. The Labute approximate surface area is 243 Å². The number of rotatable bonds is 2. The summed E-state index contributed by atoms with van der Waals surface area (Å²) >= 11 is 7.18. The zero-order valence-electron chi connectivity index (χ0n) is 9.14. The summed E-state index contributed by atoms with van der Waals surface area (Å²) in [7, 11) is 0. The van der Waals surface area contributed by atoms with E-state index >= 15 is 0 Å². The monoisotopic (exact) mass is 746 g/mol. The molecule has 10 heteroatoms. The number of carboxylic acid groups (broad SMARTS) is 2. The minimum Gasteiger partial charge on any atom is -0.545 e. The van der Waals surface area contributed by atoms with Crippen LogP contribution in [0.5, 0.6) is 0 Å². The fourth-order valence-electron chi connectivity index (χ4n) is 0.990. The fourth-order valence-corrected chi connectivity index (χ4v) is 5.06. The second-order valence-electron chi connectivity index (χ2n) is 2.58. The first-order chi connectivity index (χ1) is 7.29. The summed E-state index contributed by atoms with van der Waals surface area (Å²) in [5.41, 5.74) is 0.0556. The van der Waals surface area contributed by atoms with Crippen LogP contribution in [0.2, 0.25) is 0 Å². The van der Waals surface area contributed by atoms with Gasteiger partial charge in [0.25, 0.3) is 0 Å². The largest absolute Gasteiger partial charge is 1.00 e. The van der Waals surface area contributed by atoms with Crippen molar-refractivity contribution < 1.29 is 123 Å². The van der Waals surface area contributed by atoms with E-state index in [4.69, 9.17) is 0 Å². The van der Waals surface area contributed by atoms with Gasteiger partial charge in [0.15, 0.2) is 0 Å². The Kier molecular flexibility index (Phi) is 15.0. The maximum Gasteiger partial charge on any atom is 1.00 e. The average Bonchev–Trinajstić information content (AvgIpc) is 2.14. The number of aromatic carboxylic acids is 2. The van der Waals surface area contributed by atoms with Crippen LogP contribution < -0.4 is 113 Å². The molecule has 4 nitrogen and oxygen atoms in total. The summed E-state index contributed by atoms with van der Waals surface area (Å²) < 4.78 is 1.45. The normalized spacial score (nSPS) is 9.11. The van der Waals surface area contributed by atoms with Crippen molar-refractivity contribution in [2.45, 2.75) is 0 Å². The molecular weight excluding hydrogens is 746 g/mol. The topological polar surface area (TPSA) is 80.3 Å². The van der Waals surface area contributed by atoms with Crippen molar-refractivity contribution in [1.29, 1.82) is 0 Å². The smallest absolute Gasteiger partial charge is 0.545 e. The maximum atomic E-state index is 10.9. The molecule has 0 radical (unpaired) electrons. The van der Waals surface area contributed by atoms with Gasteiger partial charge in [-0.1, -0.05) is 0 Å². The number of carbonyl (C=O) groups is 2. The van der Waals surface area contributed by atoms with Crippen LogP contribution >= 0.6 is 90.4 Å². The van der Waals surface area contributed by atoms with E-state index < -0.39 is 11.9 Å². The van der Waals surface area contributed by atoms with Gasteiger partial charge in [0.1, 0.15) is 0 Å². The van der Waals surface area contributed by atoms with E-state index in [-0.39, 0.29) is 114 Å². The van der Waals surface area contributed by atoms with Crippen molar-refractivity contribution in [2.75, 3.05) is 0 Å². The number of carboxylic acids is 2. The van der Waals surface area contributed by atoms with Gasteiger partial charge >= 0.3 is 103 Å². The van der Waals surface area contributed by atoms with Crippen LogP contribution in [0.15, 0.2) is 0 Å². The molecule has 1 aromatic carbocycles. The molecule has 1 rings (SSSR count). The molecule has 0 bridgehead atoms. The first-order valence-corrected chi connectivity index (χ1v) is 7.89. The van der Waals surface area contributed by atoms with Crippen LogP contribution in [0.3, 0.4) is 0 Å². The molecule has 0 saturated carbocycles. The number of benzene rings is 1. The molecule has 0 aliphatic carbocycles. The average molecular weight is 746 g/mol. The molecule has 0 amide bonds. The van der Waals surface area contributed by atoms with Crippen molar-refractivity contribution in [3.8, 4) is 0 Å². The summed E-state index contributed by atoms with van der Waals surface area (Å²) in [6, 6.07) is 0. The minimum absolute atomic E-state index is 0. The quantitative estimate of drug-likeness (QED) is 0.173. The predicted molar refractivity (Wildman–Crippen MR) is 86.0 cm³/mol. The molecule has 0 aromatic heterocycles. The molecule has 0 saturated heterocycles. The third-order valence-corrected chi connectivity index (χ3v) is 8.05. The molecular formula is C8I4K2O4. The summed E-state index contributed by atoms with van der Waals surface area (Å²) in [6.45, 7) is 0. The Morgan fingerprint density at radius 2 is 0.833 bits per heavy atom. The van der Waals surface area contributed by atoms with E-state index in [2.05, 4.69) is 0 Å². The first kappa shape index (κ1) is 24.6. The van der Waals surface area contributed by atoms with E-state index in [1.165, 1.54) is 0 Å². The molecule has 0 heterocycles. The SMILES string of the molecule is O=C([O-])c1c(I)c(I)c(C(=O)[O-])c(I)c1I.[K+].[K+]. The Morgan fingerprint density at radius 3 is 0.944 bits per heavy atom. The van der Waals surface area contributed by atoms with E-state index in [0.717, 1.165) is 0 Å². The third kappa shape index (κ3) is 5.77. The molecule has 1 aromatic rings. The van der Waals surface area contributed by atoms with Crippen LogP contribution in [0, 0.1) is 14.3 Å². The van der Waals surface area contributed by atoms with Gasteiger partial charge in [-0.2, -0.15) is 0 Å². The van der Waals surface area contributed by atoms with Gasteiger partial charge in [-0.3, -0.25) is 0 Å². The van der Waals surface area contributed by atoms with Crippen molar-refractivity contribution in [3.05, 3.63) is 25.4 Å². The summed E-state index contributed by atoms with van der Waals surface area (Å²) in [5.74, 6) is -2.62. The molecule has 0 aliphatic heterocycles. The van der Waals surface area contributed by atoms with Crippen LogP contribution in [0.1, 0.15) is 20.7 Å². The molecule has 18 heavy (non-hydrogen) atoms. The molecule has 0 spiro atoms. The molecule has 0 atom stereocenters. The summed E-state index contributed by atoms with van der Waals surface area (Å²) in [4.78, 5) is 21.9. The summed E-state index contributed by atoms with van der Waals surface area (Å²) in [6.07, 6.45) is 0. The zero-order valence-corrected chi connectivity index (χ0v) is 24.0. The van der Waals surface area contributed by atoms with Crippen molar-refractivity contribution in [1.82, 2.24) is 0 Å². The third-order valence-electron chi connectivity index (χ3n) is 1.67. The van der Waals surface area contributed by atoms with E-state index in [1.807, 2.05) is 0 Å². The molecule has 0 unspecified atom stereocenters.